The van der Waals surface area contributed by atoms with Crippen molar-refractivity contribution in [3.8, 4) is 5.69 Å². The van der Waals surface area contributed by atoms with E-state index in [1.54, 1.807) is 0 Å². The van der Waals surface area contributed by atoms with Gasteiger partial charge in [-0.2, -0.15) is 5.10 Å². The van der Waals surface area contributed by atoms with Crippen molar-refractivity contribution in [2.24, 2.45) is 5.73 Å². The van der Waals surface area contributed by atoms with E-state index in [0.717, 1.165) is 34.3 Å². The first-order valence-electron chi connectivity index (χ1n) is 6.61. The summed E-state index contributed by atoms with van der Waals surface area (Å²) in [5, 5.41) is 5.37. The average molecular weight is 277 g/mol. The SMILES string of the molecule is Cc1ccc(-n2nc(C3CC3)nc2CCN)cc1Cl. The van der Waals surface area contributed by atoms with Crippen molar-refractivity contribution in [1.82, 2.24) is 14.8 Å². The molecule has 0 spiro atoms. The molecule has 1 fully saturated rings. The van der Waals surface area contributed by atoms with Crippen molar-refractivity contribution in [3.63, 3.8) is 0 Å². The van der Waals surface area contributed by atoms with E-state index in [1.807, 2.05) is 29.8 Å². The number of aryl methyl sites for hydroxylation is 1. The number of nitrogens with zero attached hydrogens (tertiary/aromatic N) is 3. The molecule has 0 atom stereocenters. The molecule has 1 aliphatic rings. The Morgan fingerprint density at radius 2 is 2.21 bits per heavy atom. The van der Waals surface area contributed by atoms with Gasteiger partial charge in [-0.15, -0.1) is 0 Å². The summed E-state index contributed by atoms with van der Waals surface area (Å²) >= 11 is 6.19. The molecular formula is C14H17ClN4. The van der Waals surface area contributed by atoms with Gasteiger partial charge in [0, 0.05) is 17.4 Å². The molecule has 0 bridgehead atoms. The summed E-state index contributed by atoms with van der Waals surface area (Å²) in [6, 6.07) is 5.96. The van der Waals surface area contributed by atoms with Crippen LogP contribution in [0.2, 0.25) is 5.02 Å². The molecule has 0 aliphatic heterocycles. The van der Waals surface area contributed by atoms with Gasteiger partial charge in [0.15, 0.2) is 5.82 Å². The predicted molar refractivity (Wildman–Crippen MR) is 75.8 cm³/mol. The Morgan fingerprint density at radius 1 is 1.42 bits per heavy atom. The van der Waals surface area contributed by atoms with Gasteiger partial charge in [-0.05, 0) is 44.0 Å². The molecule has 0 saturated heterocycles. The number of nitrogens with two attached hydrogens (primary N) is 1. The molecule has 2 N–H and O–H groups in total. The van der Waals surface area contributed by atoms with Crippen LogP contribution in [-0.2, 0) is 6.42 Å². The Balaban J connectivity index is 2.03. The van der Waals surface area contributed by atoms with Crippen LogP contribution in [0.3, 0.4) is 0 Å². The minimum absolute atomic E-state index is 0.540. The lowest BCUT2D eigenvalue weighted by atomic mass is 10.2. The quantitative estimate of drug-likeness (QED) is 0.934. The van der Waals surface area contributed by atoms with Crippen molar-refractivity contribution in [2.45, 2.75) is 32.1 Å². The highest BCUT2D eigenvalue weighted by Crippen LogP contribution is 2.38. The Hall–Kier alpha value is -1.39. The average Bonchev–Trinajstić information content (AvgIpc) is 3.16. The summed E-state index contributed by atoms with van der Waals surface area (Å²) in [4.78, 5) is 4.62. The van der Waals surface area contributed by atoms with Crippen molar-refractivity contribution in [1.29, 1.82) is 0 Å². The molecule has 1 heterocycles. The molecule has 1 saturated carbocycles. The molecule has 0 unspecified atom stereocenters. The molecule has 2 aromatic rings. The Morgan fingerprint density at radius 3 is 2.84 bits per heavy atom. The van der Waals surface area contributed by atoms with E-state index in [0.29, 0.717) is 12.5 Å². The number of halogens is 1. The second kappa shape index (κ2) is 4.94. The minimum Gasteiger partial charge on any atom is -0.330 e. The lowest BCUT2D eigenvalue weighted by molar-refractivity contribution is 0.769. The van der Waals surface area contributed by atoms with Gasteiger partial charge < -0.3 is 5.73 Å². The van der Waals surface area contributed by atoms with Gasteiger partial charge in [0.25, 0.3) is 0 Å². The second-order valence-corrected chi connectivity index (χ2v) is 5.45. The lowest BCUT2D eigenvalue weighted by Gasteiger charge is -2.06. The zero-order valence-electron chi connectivity index (χ0n) is 10.9. The van der Waals surface area contributed by atoms with Crippen LogP contribution in [0.15, 0.2) is 18.2 Å². The van der Waals surface area contributed by atoms with Crippen LogP contribution >= 0.6 is 11.6 Å². The van der Waals surface area contributed by atoms with Crippen LogP contribution in [0.25, 0.3) is 5.69 Å². The molecule has 0 radical (unpaired) electrons. The number of hydrogen-bond donors (Lipinski definition) is 1. The monoisotopic (exact) mass is 276 g/mol. The first kappa shape index (κ1) is 12.6. The maximum Gasteiger partial charge on any atom is 0.154 e. The Labute approximate surface area is 117 Å². The van der Waals surface area contributed by atoms with E-state index in [9.17, 15) is 0 Å². The topological polar surface area (TPSA) is 56.7 Å². The summed E-state index contributed by atoms with van der Waals surface area (Å²) in [5.41, 5.74) is 7.68. The van der Waals surface area contributed by atoms with Crippen LogP contribution in [0.4, 0.5) is 0 Å². The highest BCUT2D eigenvalue weighted by molar-refractivity contribution is 6.31. The predicted octanol–water partition coefficient (Wildman–Crippen LogP) is 2.61. The van der Waals surface area contributed by atoms with Crippen molar-refractivity contribution in [3.05, 3.63) is 40.4 Å². The number of aromatic nitrogens is 3. The first-order valence-corrected chi connectivity index (χ1v) is 6.99. The highest BCUT2D eigenvalue weighted by atomic mass is 35.5. The normalized spacial score (nSPS) is 14.9. The third-order valence-electron chi connectivity index (χ3n) is 3.40. The van der Waals surface area contributed by atoms with E-state index < -0.39 is 0 Å². The van der Waals surface area contributed by atoms with Gasteiger partial charge >= 0.3 is 0 Å². The molecule has 1 aromatic heterocycles. The van der Waals surface area contributed by atoms with Crippen molar-refractivity contribution >= 4 is 11.6 Å². The van der Waals surface area contributed by atoms with Crippen LogP contribution < -0.4 is 5.73 Å². The smallest absolute Gasteiger partial charge is 0.154 e. The van der Waals surface area contributed by atoms with Crippen molar-refractivity contribution < 1.29 is 0 Å². The maximum absolute atomic E-state index is 6.19. The summed E-state index contributed by atoms with van der Waals surface area (Å²) in [6.45, 7) is 2.56. The molecule has 1 aliphatic carbocycles. The summed E-state index contributed by atoms with van der Waals surface area (Å²) in [7, 11) is 0. The van der Waals surface area contributed by atoms with Crippen LogP contribution in [0.5, 0.6) is 0 Å². The number of rotatable bonds is 4. The fourth-order valence-corrected chi connectivity index (χ4v) is 2.26. The van der Waals surface area contributed by atoms with Crippen LogP contribution in [0.1, 0.15) is 36.0 Å². The van der Waals surface area contributed by atoms with Gasteiger partial charge in [-0.1, -0.05) is 17.7 Å². The fraction of sp³-hybridized carbons (Fsp3) is 0.429. The molecule has 5 heteroatoms. The van der Waals surface area contributed by atoms with Gasteiger partial charge in [0.2, 0.25) is 0 Å². The van der Waals surface area contributed by atoms with Gasteiger partial charge in [0.05, 0.1) is 5.69 Å². The third-order valence-corrected chi connectivity index (χ3v) is 3.81. The van der Waals surface area contributed by atoms with E-state index >= 15 is 0 Å². The van der Waals surface area contributed by atoms with Gasteiger partial charge in [-0.3, -0.25) is 0 Å². The van der Waals surface area contributed by atoms with Crippen LogP contribution in [-0.4, -0.2) is 21.3 Å². The lowest BCUT2D eigenvalue weighted by Crippen LogP contribution is -2.09. The molecular weight excluding hydrogens is 260 g/mol. The van der Waals surface area contributed by atoms with Crippen LogP contribution in [0, 0.1) is 6.92 Å². The molecule has 1 aromatic carbocycles. The molecule has 19 heavy (non-hydrogen) atoms. The molecule has 0 amide bonds. The zero-order valence-corrected chi connectivity index (χ0v) is 11.7. The number of hydrogen-bond acceptors (Lipinski definition) is 3. The summed E-state index contributed by atoms with van der Waals surface area (Å²) in [5.74, 6) is 2.41. The Bertz CT molecular complexity index is 601. The number of benzene rings is 1. The van der Waals surface area contributed by atoms with E-state index in [4.69, 9.17) is 17.3 Å². The largest absolute Gasteiger partial charge is 0.330 e. The first-order chi connectivity index (χ1) is 9.19. The van der Waals surface area contributed by atoms with E-state index in [2.05, 4.69) is 10.1 Å². The second-order valence-electron chi connectivity index (χ2n) is 5.04. The standard InChI is InChI=1S/C14H17ClN4/c1-9-2-5-11(8-12(9)15)19-13(6-7-16)17-14(18-19)10-3-4-10/h2,5,8,10H,3-4,6-7,16H2,1H3. The van der Waals surface area contributed by atoms with E-state index in [-0.39, 0.29) is 0 Å². The summed E-state index contributed by atoms with van der Waals surface area (Å²) < 4.78 is 1.88. The maximum atomic E-state index is 6.19. The fourth-order valence-electron chi connectivity index (χ4n) is 2.09. The molecule has 100 valence electrons. The molecule has 3 rings (SSSR count). The minimum atomic E-state index is 0.540. The third kappa shape index (κ3) is 2.51. The molecule has 4 nitrogen and oxygen atoms in total. The van der Waals surface area contributed by atoms with Gasteiger partial charge in [0.1, 0.15) is 5.82 Å². The van der Waals surface area contributed by atoms with Crippen molar-refractivity contribution in [2.75, 3.05) is 6.54 Å². The van der Waals surface area contributed by atoms with Gasteiger partial charge in [-0.25, -0.2) is 9.67 Å². The highest BCUT2D eigenvalue weighted by Gasteiger charge is 2.29. The Kier molecular flexibility index (Phi) is 3.29. The van der Waals surface area contributed by atoms with E-state index in [1.165, 1.54) is 12.8 Å². The summed E-state index contributed by atoms with van der Waals surface area (Å²) in [6.07, 6.45) is 3.12. The zero-order chi connectivity index (χ0) is 13.4.